The third-order valence-corrected chi connectivity index (χ3v) is 4.90. The number of nitrogens with zero attached hydrogens (tertiary/aromatic N) is 2. The Balaban J connectivity index is 1.43. The van der Waals surface area contributed by atoms with Crippen LogP contribution in [0, 0.1) is 6.92 Å². The maximum atomic E-state index is 12.1. The molecule has 0 radical (unpaired) electrons. The summed E-state index contributed by atoms with van der Waals surface area (Å²) in [6.07, 6.45) is 4.85. The van der Waals surface area contributed by atoms with Crippen LogP contribution in [0.5, 0.6) is 0 Å². The SMILES string of the molecule is Cc1oc(-c2cccs2)nc1COC(=O)/C=C/c1cccc2cccnc12. The molecule has 0 N–H and O–H groups in total. The number of thiophene rings is 1. The molecule has 3 aromatic heterocycles. The second kappa shape index (κ2) is 7.55. The van der Waals surface area contributed by atoms with Gasteiger partial charge < -0.3 is 9.15 Å². The molecule has 0 bridgehead atoms. The lowest BCUT2D eigenvalue weighted by Crippen LogP contribution is -2.02. The number of hydrogen-bond acceptors (Lipinski definition) is 6. The van der Waals surface area contributed by atoms with E-state index < -0.39 is 5.97 Å². The first-order valence-corrected chi connectivity index (χ1v) is 9.27. The Labute approximate surface area is 160 Å². The molecule has 0 spiro atoms. The molecule has 4 aromatic rings. The molecule has 0 saturated heterocycles. The Morgan fingerprint density at radius 1 is 1.22 bits per heavy atom. The Kier molecular flexibility index (Phi) is 4.80. The molecule has 0 amide bonds. The minimum Gasteiger partial charge on any atom is -0.456 e. The number of esters is 1. The fourth-order valence-electron chi connectivity index (χ4n) is 2.68. The maximum absolute atomic E-state index is 12.1. The summed E-state index contributed by atoms with van der Waals surface area (Å²) in [5.41, 5.74) is 2.33. The number of para-hydroxylation sites is 1. The zero-order valence-electron chi connectivity index (χ0n) is 14.6. The number of pyridine rings is 1. The van der Waals surface area contributed by atoms with Gasteiger partial charge in [-0.15, -0.1) is 11.3 Å². The molecule has 4 rings (SSSR count). The Hall–Kier alpha value is -3.25. The van der Waals surface area contributed by atoms with Gasteiger partial charge in [0, 0.05) is 23.2 Å². The van der Waals surface area contributed by atoms with Gasteiger partial charge in [-0.1, -0.05) is 30.3 Å². The second-order valence-electron chi connectivity index (χ2n) is 5.86. The number of ether oxygens (including phenoxy) is 1. The molecule has 0 saturated carbocycles. The first kappa shape index (κ1) is 17.2. The van der Waals surface area contributed by atoms with Crippen LogP contribution in [0.15, 0.2) is 64.5 Å². The smallest absolute Gasteiger partial charge is 0.331 e. The fraction of sp³-hybridized carbons (Fsp3) is 0.0952. The second-order valence-corrected chi connectivity index (χ2v) is 6.81. The molecule has 134 valence electrons. The number of oxazole rings is 1. The molecule has 0 atom stereocenters. The summed E-state index contributed by atoms with van der Waals surface area (Å²) in [6, 6.07) is 13.6. The normalized spacial score (nSPS) is 11.3. The first-order valence-electron chi connectivity index (χ1n) is 8.39. The zero-order chi connectivity index (χ0) is 18.6. The van der Waals surface area contributed by atoms with Crippen molar-refractivity contribution in [3.05, 3.63) is 77.1 Å². The number of carbonyl (C=O) groups is 1. The van der Waals surface area contributed by atoms with Crippen LogP contribution in [0.25, 0.3) is 27.7 Å². The number of carbonyl (C=O) groups excluding carboxylic acids is 1. The molecule has 0 aliphatic heterocycles. The van der Waals surface area contributed by atoms with Crippen molar-refractivity contribution in [1.29, 1.82) is 0 Å². The Bertz CT molecular complexity index is 1110. The highest BCUT2D eigenvalue weighted by Crippen LogP contribution is 2.26. The van der Waals surface area contributed by atoms with E-state index in [0.29, 0.717) is 17.3 Å². The topological polar surface area (TPSA) is 65.2 Å². The summed E-state index contributed by atoms with van der Waals surface area (Å²) in [6.45, 7) is 1.88. The third-order valence-electron chi connectivity index (χ3n) is 4.04. The molecule has 0 unspecified atom stereocenters. The number of aromatic nitrogens is 2. The van der Waals surface area contributed by atoms with Gasteiger partial charge >= 0.3 is 5.97 Å². The molecule has 5 nitrogen and oxygen atoms in total. The van der Waals surface area contributed by atoms with Crippen molar-refractivity contribution in [2.24, 2.45) is 0 Å². The molecular formula is C21H16N2O3S. The van der Waals surface area contributed by atoms with Gasteiger partial charge in [-0.3, -0.25) is 4.98 Å². The molecule has 0 fully saturated rings. The minimum atomic E-state index is -0.442. The van der Waals surface area contributed by atoms with Gasteiger partial charge in [0.25, 0.3) is 0 Å². The van der Waals surface area contributed by atoms with Crippen molar-refractivity contribution < 1.29 is 13.9 Å². The molecule has 0 aliphatic carbocycles. The highest BCUT2D eigenvalue weighted by molar-refractivity contribution is 7.13. The van der Waals surface area contributed by atoms with Crippen molar-refractivity contribution in [3.8, 4) is 10.8 Å². The van der Waals surface area contributed by atoms with E-state index in [-0.39, 0.29) is 6.61 Å². The monoisotopic (exact) mass is 376 g/mol. The van der Waals surface area contributed by atoms with E-state index >= 15 is 0 Å². The van der Waals surface area contributed by atoms with Crippen LogP contribution < -0.4 is 0 Å². The summed E-state index contributed by atoms with van der Waals surface area (Å²) >= 11 is 1.55. The van der Waals surface area contributed by atoms with Crippen molar-refractivity contribution in [2.75, 3.05) is 0 Å². The summed E-state index contributed by atoms with van der Waals surface area (Å²) in [7, 11) is 0. The highest BCUT2D eigenvalue weighted by Gasteiger charge is 2.13. The van der Waals surface area contributed by atoms with Crippen molar-refractivity contribution in [2.45, 2.75) is 13.5 Å². The van der Waals surface area contributed by atoms with Crippen LogP contribution in [0.2, 0.25) is 0 Å². The standard InChI is InChI=1S/C21H16N2O3S/c1-14-17(23-21(26-14)18-8-4-12-27-18)13-25-19(24)10-9-16-6-2-5-15-7-3-11-22-20(15)16/h2-12H,13H2,1H3/b10-9+. The Morgan fingerprint density at radius 2 is 2.11 bits per heavy atom. The minimum absolute atomic E-state index is 0.0671. The van der Waals surface area contributed by atoms with E-state index in [4.69, 9.17) is 9.15 Å². The summed E-state index contributed by atoms with van der Waals surface area (Å²) in [4.78, 5) is 21.8. The number of hydrogen-bond donors (Lipinski definition) is 0. The maximum Gasteiger partial charge on any atom is 0.331 e. The molecule has 6 heteroatoms. The molecule has 1 aromatic carbocycles. The quantitative estimate of drug-likeness (QED) is 0.362. The first-order chi connectivity index (χ1) is 13.2. The van der Waals surface area contributed by atoms with Crippen molar-refractivity contribution in [3.63, 3.8) is 0 Å². The molecular weight excluding hydrogens is 360 g/mol. The van der Waals surface area contributed by atoms with Gasteiger partial charge in [-0.25, -0.2) is 9.78 Å². The highest BCUT2D eigenvalue weighted by atomic mass is 32.1. The van der Waals surface area contributed by atoms with Crippen LogP contribution in [-0.2, 0) is 16.1 Å². The lowest BCUT2D eigenvalue weighted by Gasteiger charge is -2.01. The fourth-order valence-corrected chi connectivity index (χ4v) is 3.32. The van der Waals surface area contributed by atoms with Crippen molar-refractivity contribution in [1.82, 2.24) is 9.97 Å². The largest absolute Gasteiger partial charge is 0.456 e. The van der Waals surface area contributed by atoms with Gasteiger partial charge in [-0.2, -0.15) is 0 Å². The summed E-state index contributed by atoms with van der Waals surface area (Å²) in [5.74, 6) is 0.752. The van der Waals surface area contributed by atoms with Gasteiger partial charge in [0.15, 0.2) is 0 Å². The zero-order valence-corrected chi connectivity index (χ0v) is 15.4. The van der Waals surface area contributed by atoms with Crippen molar-refractivity contribution >= 4 is 34.3 Å². The van der Waals surface area contributed by atoms with E-state index in [1.807, 2.05) is 54.8 Å². The van der Waals surface area contributed by atoms with Gasteiger partial charge in [0.1, 0.15) is 18.1 Å². The van der Waals surface area contributed by atoms with Crippen LogP contribution in [0.3, 0.4) is 0 Å². The summed E-state index contributed by atoms with van der Waals surface area (Å²) < 4.78 is 11.0. The average Bonchev–Trinajstić information content (AvgIpc) is 3.34. The predicted octanol–water partition coefficient (Wildman–Crippen LogP) is 5.02. The van der Waals surface area contributed by atoms with Crippen LogP contribution in [-0.4, -0.2) is 15.9 Å². The van der Waals surface area contributed by atoms with E-state index in [1.54, 1.807) is 23.6 Å². The van der Waals surface area contributed by atoms with Crippen LogP contribution in [0.1, 0.15) is 17.0 Å². The molecule has 3 heterocycles. The van der Waals surface area contributed by atoms with Gasteiger partial charge in [-0.05, 0) is 30.5 Å². The predicted molar refractivity (Wildman–Crippen MR) is 105 cm³/mol. The van der Waals surface area contributed by atoms with E-state index in [9.17, 15) is 4.79 Å². The lowest BCUT2D eigenvalue weighted by molar-refractivity contribution is -0.139. The third kappa shape index (κ3) is 3.80. The van der Waals surface area contributed by atoms with E-state index in [1.165, 1.54) is 6.08 Å². The number of rotatable bonds is 5. The van der Waals surface area contributed by atoms with E-state index in [2.05, 4.69) is 9.97 Å². The summed E-state index contributed by atoms with van der Waals surface area (Å²) in [5, 5.41) is 2.98. The number of aryl methyl sites for hydroxylation is 1. The lowest BCUT2D eigenvalue weighted by atomic mass is 10.1. The van der Waals surface area contributed by atoms with Crippen LogP contribution >= 0.6 is 11.3 Å². The number of benzene rings is 1. The molecule has 27 heavy (non-hydrogen) atoms. The van der Waals surface area contributed by atoms with Crippen LogP contribution in [0.4, 0.5) is 0 Å². The Morgan fingerprint density at radius 3 is 2.96 bits per heavy atom. The average molecular weight is 376 g/mol. The number of fused-ring (bicyclic) bond motifs is 1. The van der Waals surface area contributed by atoms with E-state index in [0.717, 1.165) is 21.3 Å². The molecule has 0 aliphatic rings. The van der Waals surface area contributed by atoms with Gasteiger partial charge in [0.05, 0.1) is 10.4 Å². The van der Waals surface area contributed by atoms with Gasteiger partial charge in [0.2, 0.25) is 5.89 Å².